The van der Waals surface area contributed by atoms with Gasteiger partial charge in [-0.25, -0.2) is 0 Å². The van der Waals surface area contributed by atoms with Crippen molar-refractivity contribution in [3.63, 3.8) is 0 Å². The summed E-state index contributed by atoms with van der Waals surface area (Å²) < 4.78 is 5.86. The van der Waals surface area contributed by atoms with E-state index in [1.165, 1.54) is 12.8 Å². The maximum absolute atomic E-state index is 12.9. The molecular formula is C23H27ClN2O2. The summed E-state index contributed by atoms with van der Waals surface area (Å²) in [6, 6.07) is 15.6. The summed E-state index contributed by atoms with van der Waals surface area (Å²) >= 11 is 6.02. The first kappa shape index (κ1) is 19.3. The Hall–Kier alpha value is -2.04. The standard InChI is InChI=1S/C23H27ClN2O2/c24-20-5-1-3-18(13-20)16-28-22-6-2-4-19(14-22)23(27)26-11-9-21(10-12-26)25-15-17-7-8-17/h1-6,13-14,17,21,25H,7-12,15-16H2. The Morgan fingerprint density at radius 1 is 1.07 bits per heavy atom. The van der Waals surface area contributed by atoms with E-state index in [0.717, 1.165) is 44.0 Å². The van der Waals surface area contributed by atoms with E-state index in [-0.39, 0.29) is 5.91 Å². The van der Waals surface area contributed by atoms with Gasteiger partial charge in [0.25, 0.3) is 5.91 Å². The first-order chi connectivity index (χ1) is 13.7. The van der Waals surface area contributed by atoms with E-state index >= 15 is 0 Å². The lowest BCUT2D eigenvalue weighted by Crippen LogP contribution is -2.45. The Morgan fingerprint density at radius 2 is 1.86 bits per heavy atom. The van der Waals surface area contributed by atoms with Crippen LogP contribution in [-0.2, 0) is 6.61 Å². The zero-order valence-electron chi connectivity index (χ0n) is 16.1. The first-order valence-corrected chi connectivity index (χ1v) is 10.5. The van der Waals surface area contributed by atoms with Crippen LogP contribution in [0.15, 0.2) is 48.5 Å². The highest BCUT2D eigenvalue weighted by Gasteiger charge is 2.26. The van der Waals surface area contributed by atoms with E-state index < -0.39 is 0 Å². The summed E-state index contributed by atoms with van der Waals surface area (Å²) in [7, 11) is 0. The molecule has 2 fully saturated rings. The first-order valence-electron chi connectivity index (χ1n) is 10.2. The van der Waals surface area contributed by atoms with Gasteiger partial charge in [0.1, 0.15) is 12.4 Å². The summed E-state index contributed by atoms with van der Waals surface area (Å²) in [5.41, 5.74) is 1.69. The van der Waals surface area contributed by atoms with Crippen LogP contribution in [0, 0.1) is 5.92 Å². The predicted octanol–water partition coefficient (Wildman–Crippen LogP) is 4.52. The van der Waals surface area contributed by atoms with E-state index in [4.69, 9.17) is 16.3 Å². The quantitative estimate of drug-likeness (QED) is 0.745. The molecule has 0 unspecified atom stereocenters. The second kappa shape index (κ2) is 8.97. The molecule has 1 aliphatic heterocycles. The van der Waals surface area contributed by atoms with Crippen LogP contribution in [0.4, 0.5) is 0 Å². The minimum Gasteiger partial charge on any atom is -0.489 e. The highest BCUT2D eigenvalue weighted by atomic mass is 35.5. The van der Waals surface area contributed by atoms with E-state index in [1.54, 1.807) is 0 Å². The number of hydrogen-bond donors (Lipinski definition) is 1. The van der Waals surface area contributed by atoms with Crippen LogP contribution in [-0.4, -0.2) is 36.5 Å². The zero-order chi connectivity index (χ0) is 19.3. The fraction of sp³-hybridized carbons (Fsp3) is 0.435. The molecule has 148 valence electrons. The number of benzene rings is 2. The molecule has 2 aromatic rings. The van der Waals surface area contributed by atoms with Gasteiger partial charge in [-0.15, -0.1) is 0 Å². The minimum atomic E-state index is 0.0915. The van der Waals surface area contributed by atoms with Crippen molar-refractivity contribution >= 4 is 17.5 Å². The Morgan fingerprint density at radius 3 is 2.61 bits per heavy atom. The van der Waals surface area contributed by atoms with Crippen LogP contribution in [0.5, 0.6) is 5.75 Å². The summed E-state index contributed by atoms with van der Waals surface area (Å²) in [5, 5.41) is 4.36. The predicted molar refractivity (Wildman–Crippen MR) is 112 cm³/mol. The number of piperidine rings is 1. The van der Waals surface area contributed by atoms with Gasteiger partial charge in [-0.05, 0) is 74.0 Å². The average Bonchev–Trinajstić information content (AvgIpc) is 3.55. The third-order valence-electron chi connectivity index (χ3n) is 5.55. The Balaban J connectivity index is 1.30. The van der Waals surface area contributed by atoms with Gasteiger partial charge in [0.05, 0.1) is 0 Å². The van der Waals surface area contributed by atoms with Crippen LogP contribution >= 0.6 is 11.6 Å². The Labute approximate surface area is 171 Å². The maximum atomic E-state index is 12.9. The number of halogens is 1. The smallest absolute Gasteiger partial charge is 0.253 e. The molecule has 0 aromatic heterocycles. The van der Waals surface area contributed by atoms with Crippen LogP contribution < -0.4 is 10.1 Å². The molecule has 0 atom stereocenters. The highest BCUT2D eigenvalue weighted by Crippen LogP contribution is 2.28. The summed E-state index contributed by atoms with van der Waals surface area (Å²) in [6.45, 7) is 3.20. The highest BCUT2D eigenvalue weighted by molar-refractivity contribution is 6.30. The molecule has 5 heteroatoms. The number of likely N-dealkylation sites (tertiary alicyclic amines) is 1. The third-order valence-corrected chi connectivity index (χ3v) is 5.78. The van der Waals surface area contributed by atoms with Crippen LogP contribution in [0.1, 0.15) is 41.6 Å². The number of rotatable bonds is 7. The fourth-order valence-electron chi connectivity index (χ4n) is 3.64. The Bertz CT molecular complexity index is 814. The van der Waals surface area contributed by atoms with E-state index in [1.807, 2.05) is 53.4 Å². The molecule has 0 spiro atoms. The van der Waals surface area contributed by atoms with E-state index in [2.05, 4.69) is 5.32 Å². The second-order valence-corrected chi connectivity index (χ2v) is 8.30. The molecule has 2 aromatic carbocycles. The zero-order valence-corrected chi connectivity index (χ0v) is 16.8. The molecule has 1 amide bonds. The van der Waals surface area contributed by atoms with Crippen molar-refractivity contribution in [3.8, 4) is 5.75 Å². The minimum absolute atomic E-state index is 0.0915. The van der Waals surface area contributed by atoms with Crippen molar-refractivity contribution < 1.29 is 9.53 Å². The molecule has 1 N–H and O–H groups in total. The lowest BCUT2D eigenvalue weighted by Gasteiger charge is -2.32. The largest absolute Gasteiger partial charge is 0.489 e. The lowest BCUT2D eigenvalue weighted by atomic mass is 10.0. The molecule has 1 heterocycles. The number of nitrogens with zero attached hydrogens (tertiary/aromatic N) is 1. The van der Waals surface area contributed by atoms with Gasteiger partial charge >= 0.3 is 0 Å². The number of hydrogen-bond acceptors (Lipinski definition) is 3. The van der Waals surface area contributed by atoms with Crippen molar-refractivity contribution in [1.82, 2.24) is 10.2 Å². The van der Waals surface area contributed by atoms with Gasteiger partial charge in [-0.3, -0.25) is 4.79 Å². The monoisotopic (exact) mass is 398 g/mol. The van der Waals surface area contributed by atoms with Crippen molar-refractivity contribution in [2.24, 2.45) is 5.92 Å². The van der Waals surface area contributed by atoms with Gasteiger partial charge in [-0.1, -0.05) is 29.8 Å². The molecule has 4 nitrogen and oxygen atoms in total. The van der Waals surface area contributed by atoms with E-state index in [0.29, 0.717) is 29.0 Å². The number of nitrogens with one attached hydrogen (secondary N) is 1. The number of amides is 1. The fourth-order valence-corrected chi connectivity index (χ4v) is 3.85. The molecular weight excluding hydrogens is 372 g/mol. The van der Waals surface area contributed by atoms with Gasteiger partial charge in [0.2, 0.25) is 0 Å². The molecule has 1 aliphatic carbocycles. The van der Waals surface area contributed by atoms with Gasteiger partial charge in [0, 0.05) is 29.7 Å². The maximum Gasteiger partial charge on any atom is 0.253 e. The van der Waals surface area contributed by atoms with Crippen LogP contribution in [0.2, 0.25) is 5.02 Å². The molecule has 0 radical (unpaired) electrons. The number of carbonyl (C=O) groups excluding carboxylic acids is 1. The van der Waals surface area contributed by atoms with Crippen molar-refractivity contribution in [3.05, 3.63) is 64.7 Å². The summed E-state index contributed by atoms with van der Waals surface area (Å²) in [6.07, 6.45) is 4.81. The molecule has 0 bridgehead atoms. The second-order valence-electron chi connectivity index (χ2n) is 7.86. The number of ether oxygens (including phenoxy) is 1. The topological polar surface area (TPSA) is 41.6 Å². The molecule has 1 saturated carbocycles. The lowest BCUT2D eigenvalue weighted by molar-refractivity contribution is 0.0704. The van der Waals surface area contributed by atoms with Crippen LogP contribution in [0.25, 0.3) is 0 Å². The van der Waals surface area contributed by atoms with Gasteiger partial charge < -0.3 is 15.0 Å². The van der Waals surface area contributed by atoms with Gasteiger partial charge in [-0.2, -0.15) is 0 Å². The average molecular weight is 399 g/mol. The molecule has 2 aliphatic rings. The van der Waals surface area contributed by atoms with E-state index in [9.17, 15) is 4.79 Å². The Kier molecular flexibility index (Phi) is 6.18. The van der Waals surface area contributed by atoms with Crippen molar-refractivity contribution in [2.45, 2.75) is 38.3 Å². The van der Waals surface area contributed by atoms with Gasteiger partial charge in [0.15, 0.2) is 0 Å². The van der Waals surface area contributed by atoms with Crippen molar-refractivity contribution in [1.29, 1.82) is 0 Å². The summed E-state index contributed by atoms with van der Waals surface area (Å²) in [5.74, 6) is 1.69. The molecule has 28 heavy (non-hydrogen) atoms. The number of carbonyl (C=O) groups is 1. The third kappa shape index (κ3) is 5.27. The molecule has 1 saturated heterocycles. The van der Waals surface area contributed by atoms with Crippen molar-refractivity contribution in [2.75, 3.05) is 19.6 Å². The molecule has 4 rings (SSSR count). The van der Waals surface area contributed by atoms with Crippen LogP contribution in [0.3, 0.4) is 0 Å². The normalized spacial score (nSPS) is 17.5. The SMILES string of the molecule is O=C(c1cccc(OCc2cccc(Cl)c2)c1)N1CCC(NCC2CC2)CC1. The summed E-state index contributed by atoms with van der Waals surface area (Å²) in [4.78, 5) is 14.8.